The molecule has 4 unspecified atom stereocenters. The molecule has 118 valence electrons. The van der Waals surface area contributed by atoms with Crippen LogP contribution in [0.25, 0.3) is 11.0 Å². The Hall–Kier alpha value is -1.72. The summed E-state index contributed by atoms with van der Waals surface area (Å²) in [5.41, 5.74) is -0.781. The molecule has 3 heterocycles. The summed E-state index contributed by atoms with van der Waals surface area (Å²) in [5, 5.41) is 28.8. The lowest BCUT2D eigenvalue weighted by molar-refractivity contribution is -0.0538. The number of aromatic nitrogens is 3. The first kappa shape index (κ1) is 15.2. The van der Waals surface area contributed by atoms with E-state index < -0.39 is 42.4 Å². The van der Waals surface area contributed by atoms with Crippen molar-refractivity contribution in [3.63, 3.8) is 0 Å². The van der Waals surface area contributed by atoms with E-state index in [2.05, 4.69) is 9.97 Å². The molecule has 0 aromatic carbocycles. The number of hydrogen-bond acceptors (Lipinski definition) is 7. The van der Waals surface area contributed by atoms with Gasteiger partial charge in [-0.3, -0.25) is 9.36 Å². The van der Waals surface area contributed by atoms with Gasteiger partial charge in [-0.2, -0.15) is 0 Å². The summed E-state index contributed by atoms with van der Waals surface area (Å²) >= 11 is 5.06. The predicted octanol–water partition coefficient (Wildman–Crippen LogP) is -0.795. The van der Waals surface area contributed by atoms with Gasteiger partial charge in [0.05, 0.1) is 12.0 Å². The van der Waals surface area contributed by atoms with E-state index in [1.54, 1.807) is 0 Å². The first-order valence-electron chi connectivity index (χ1n) is 6.36. The molecule has 4 N–H and O–H groups in total. The predicted molar refractivity (Wildman–Crippen MR) is 74.2 cm³/mol. The number of aromatic amines is 1. The molecule has 1 saturated heterocycles. The molecule has 0 amide bonds. The number of nitrogens with one attached hydrogen (secondary N) is 1. The summed E-state index contributed by atoms with van der Waals surface area (Å²) in [6.07, 6.45) is -2.76. The third kappa shape index (κ3) is 2.25. The summed E-state index contributed by atoms with van der Waals surface area (Å²) in [6.45, 7) is -0.502. The number of nitrogens with zero attached hydrogens (tertiary/aromatic N) is 2. The molecule has 1 aliphatic heterocycles. The lowest BCUT2D eigenvalue weighted by Crippen LogP contribution is -2.33. The van der Waals surface area contributed by atoms with Gasteiger partial charge >= 0.3 is 0 Å². The third-order valence-electron chi connectivity index (χ3n) is 3.54. The van der Waals surface area contributed by atoms with E-state index in [4.69, 9.17) is 22.1 Å². The largest absolute Gasteiger partial charge is 0.394 e. The number of ether oxygens (including phenoxy) is 1. The second kappa shape index (κ2) is 5.48. The molecule has 2 aromatic heterocycles. The van der Waals surface area contributed by atoms with Crippen LogP contribution in [0.5, 0.6) is 0 Å². The van der Waals surface area contributed by atoms with Gasteiger partial charge in [-0.15, -0.1) is 0 Å². The molecular weight excluding hydrogens is 317 g/mol. The highest BCUT2D eigenvalue weighted by molar-refractivity contribution is 7.71. The summed E-state index contributed by atoms with van der Waals surface area (Å²) in [5.74, 6) is -0.987. The highest BCUT2D eigenvalue weighted by atomic mass is 32.1. The van der Waals surface area contributed by atoms with Crippen molar-refractivity contribution in [2.24, 2.45) is 0 Å². The van der Waals surface area contributed by atoms with Crippen molar-refractivity contribution in [2.45, 2.75) is 24.5 Å². The average molecular weight is 329 g/mol. The maximum absolute atomic E-state index is 13.4. The monoisotopic (exact) mass is 329 g/mol. The molecule has 0 spiro atoms. The maximum Gasteiger partial charge on any atom is 0.228 e. The molecule has 1 aliphatic rings. The van der Waals surface area contributed by atoms with Crippen LogP contribution in [0.1, 0.15) is 6.23 Å². The number of H-pyrrole nitrogens is 1. The van der Waals surface area contributed by atoms with Crippen LogP contribution < -0.4 is 5.43 Å². The Bertz CT molecular complexity index is 838. The summed E-state index contributed by atoms with van der Waals surface area (Å²) in [6, 6.07) is 0. The van der Waals surface area contributed by atoms with Crippen molar-refractivity contribution in [3.8, 4) is 0 Å². The van der Waals surface area contributed by atoms with E-state index in [-0.39, 0.29) is 15.8 Å². The average Bonchev–Trinajstić information content (AvgIpc) is 2.79. The smallest absolute Gasteiger partial charge is 0.228 e. The Labute approximate surface area is 127 Å². The number of pyridine rings is 1. The Morgan fingerprint density at radius 1 is 1.45 bits per heavy atom. The van der Waals surface area contributed by atoms with Crippen LogP contribution in [0.15, 0.2) is 17.2 Å². The zero-order valence-corrected chi connectivity index (χ0v) is 11.8. The van der Waals surface area contributed by atoms with E-state index in [0.717, 1.165) is 10.8 Å². The van der Waals surface area contributed by atoms with Gasteiger partial charge in [0.2, 0.25) is 10.2 Å². The van der Waals surface area contributed by atoms with Crippen LogP contribution in [0.3, 0.4) is 0 Å². The van der Waals surface area contributed by atoms with Crippen LogP contribution in [-0.4, -0.2) is 54.8 Å². The topological polar surface area (TPSA) is 121 Å². The van der Waals surface area contributed by atoms with Gasteiger partial charge in [0, 0.05) is 12.4 Å². The van der Waals surface area contributed by atoms with E-state index in [1.165, 1.54) is 6.20 Å². The van der Waals surface area contributed by atoms with Crippen LogP contribution in [-0.2, 0) is 4.74 Å². The second-order valence-corrected chi connectivity index (χ2v) is 5.25. The number of aliphatic hydroxyl groups excluding tert-OH is 3. The summed E-state index contributed by atoms with van der Waals surface area (Å²) in [4.78, 5) is 18.3. The van der Waals surface area contributed by atoms with Gasteiger partial charge in [0.15, 0.2) is 12.0 Å². The summed E-state index contributed by atoms with van der Waals surface area (Å²) in [7, 11) is 0. The zero-order valence-electron chi connectivity index (χ0n) is 11.0. The highest BCUT2D eigenvalue weighted by Crippen LogP contribution is 2.29. The minimum Gasteiger partial charge on any atom is -0.394 e. The van der Waals surface area contributed by atoms with E-state index in [9.17, 15) is 19.4 Å². The molecule has 0 bridgehead atoms. The van der Waals surface area contributed by atoms with Gasteiger partial charge in [0.25, 0.3) is 0 Å². The Morgan fingerprint density at radius 2 is 2.18 bits per heavy atom. The van der Waals surface area contributed by atoms with Crippen molar-refractivity contribution in [3.05, 3.63) is 33.2 Å². The fourth-order valence-corrected chi connectivity index (χ4v) is 2.61. The lowest BCUT2D eigenvalue weighted by atomic mass is 10.1. The maximum atomic E-state index is 13.4. The van der Waals surface area contributed by atoms with Crippen LogP contribution in [0.2, 0.25) is 0 Å². The molecule has 22 heavy (non-hydrogen) atoms. The Balaban J connectivity index is 2.16. The van der Waals surface area contributed by atoms with Gasteiger partial charge in [0.1, 0.15) is 24.0 Å². The first-order valence-corrected chi connectivity index (χ1v) is 6.77. The normalized spacial score (nSPS) is 28.4. The first-order chi connectivity index (χ1) is 10.4. The number of rotatable bonds is 2. The van der Waals surface area contributed by atoms with E-state index in [1.807, 2.05) is 0 Å². The van der Waals surface area contributed by atoms with Gasteiger partial charge in [-0.25, -0.2) is 9.37 Å². The number of aliphatic hydroxyl groups is 3. The van der Waals surface area contributed by atoms with Crippen molar-refractivity contribution >= 4 is 23.3 Å². The lowest BCUT2D eigenvalue weighted by Gasteiger charge is -2.18. The van der Waals surface area contributed by atoms with Gasteiger partial charge in [-0.05, 0) is 12.2 Å². The minimum atomic E-state index is -1.38. The standard InChI is InChI=1S/C12H12FN3O5S/c13-5-1-14-10-4(7(5)18)2-16(12(22)15-10)11-9(20)8(19)6(3-17)21-11/h1-2,6,8-9,11,17,19-20H,3H2,(H,14,15,22). The van der Waals surface area contributed by atoms with Gasteiger partial charge in [-0.1, -0.05) is 0 Å². The molecule has 3 rings (SSSR count). The number of fused-ring (bicyclic) bond motifs is 1. The molecule has 0 aliphatic carbocycles. The molecule has 0 saturated carbocycles. The van der Waals surface area contributed by atoms with Crippen molar-refractivity contribution in [1.82, 2.24) is 14.5 Å². The van der Waals surface area contributed by atoms with Crippen LogP contribution >= 0.6 is 12.2 Å². The SMILES string of the molecule is O=c1c(F)c[nH]c2nc(=S)n(C3OC(CO)C(O)C3O)cc12. The quantitative estimate of drug-likeness (QED) is 0.533. The molecule has 8 nitrogen and oxygen atoms in total. The van der Waals surface area contributed by atoms with Crippen LogP contribution in [0.4, 0.5) is 4.39 Å². The van der Waals surface area contributed by atoms with E-state index in [0.29, 0.717) is 0 Å². The number of halogens is 1. The van der Waals surface area contributed by atoms with E-state index >= 15 is 0 Å². The molecule has 0 radical (unpaired) electrons. The summed E-state index contributed by atoms with van der Waals surface area (Å²) < 4.78 is 19.8. The molecule has 10 heteroatoms. The second-order valence-electron chi connectivity index (χ2n) is 4.89. The molecule has 4 atom stereocenters. The highest BCUT2D eigenvalue weighted by Gasteiger charge is 2.43. The minimum absolute atomic E-state index is 0.0374. The van der Waals surface area contributed by atoms with Crippen molar-refractivity contribution < 1.29 is 24.4 Å². The Morgan fingerprint density at radius 3 is 2.82 bits per heavy atom. The zero-order chi connectivity index (χ0) is 16.0. The third-order valence-corrected chi connectivity index (χ3v) is 3.84. The molecular formula is C12H12FN3O5S. The Kier molecular flexibility index (Phi) is 3.78. The number of hydrogen-bond donors (Lipinski definition) is 4. The van der Waals surface area contributed by atoms with Gasteiger partial charge < -0.3 is 25.0 Å². The van der Waals surface area contributed by atoms with Crippen LogP contribution in [0, 0.1) is 10.6 Å². The fourth-order valence-electron chi connectivity index (χ4n) is 2.36. The van der Waals surface area contributed by atoms with Crippen molar-refractivity contribution in [2.75, 3.05) is 6.61 Å². The fraction of sp³-hybridized carbons (Fsp3) is 0.417. The molecule has 2 aromatic rings. The molecule has 1 fully saturated rings. The van der Waals surface area contributed by atoms with Crippen molar-refractivity contribution in [1.29, 1.82) is 0 Å².